The van der Waals surface area contributed by atoms with Gasteiger partial charge in [0.05, 0.1) is 24.8 Å². The molecule has 2 bridgehead atoms. The Balaban J connectivity index is 0.00000192. The molecule has 3 saturated heterocycles. The van der Waals surface area contributed by atoms with Crippen molar-refractivity contribution < 1.29 is 4.74 Å². The van der Waals surface area contributed by atoms with E-state index in [1.54, 1.807) is 0 Å². The van der Waals surface area contributed by atoms with E-state index in [1.165, 1.54) is 45.2 Å². The molecule has 0 aromatic carbocycles. The second-order valence-corrected chi connectivity index (χ2v) is 6.89. The molecule has 3 heterocycles. The number of hydrogen-bond acceptors (Lipinski definition) is 3. The van der Waals surface area contributed by atoms with Crippen molar-refractivity contribution in [3.63, 3.8) is 0 Å². The van der Waals surface area contributed by atoms with E-state index in [0.29, 0.717) is 24.3 Å². The number of halogens is 1. The number of rotatable bonds is 6. The van der Waals surface area contributed by atoms with Crippen molar-refractivity contribution in [2.45, 2.75) is 76.7 Å². The summed E-state index contributed by atoms with van der Waals surface area (Å²) in [6.07, 6.45) is 8.34. The van der Waals surface area contributed by atoms with E-state index >= 15 is 0 Å². The Bertz CT molecular complexity index is 387. The van der Waals surface area contributed by atoms with Crippen LogP contribution in [0.5, 0.6) is 0 Å². The lowest BCUT2D eigenvalue weighted by atomic mass is 9.96. The van der Waals surface area contributed by atoms with Crippen molar-refractivity contribution in [1.29, 1.82) is 0 Å². The van der Waals surface area contributed by atoms with Gasteiger partial charge in [-0.25, -0.2) is 0 Å². The number of nitrogens with zero attached hydrogens (tertiary/aromatic N) is 2. The van der Waals surface area contributed by atoms with Crippen LogP contribution in [-0.2, 0) is 4.74 Å². The summed E-state index contributed by atoms with van der Waals surface area (Å²) in [6.45, 7) is 8.72. The molecule has 3 fully saturated rings. The van der Waals surface area contributed by atoms with Crippen molar-refractivity contribution in [3.8, 4) is 0 Å². The van der Waals surface area contributed by atoms with Crippen molar-refractivity contribution in [2.24, 2.45) is 4.99 Å². The summed E-state index contributed by atoms with van der Waals surface area (Å²) in [7, 11) is 0. The Morgan fingerprint density at radius 1 is 1.26 bits per heavy atom. The first-order chi connectivity index (χ1) is 10.8. The Hall–Kier alpha value is -0.0800. The van der Waals surface area contributed by atoms with Crippen molar-refractivity contribution >= 4 is 29.9 Å². The predicted octanol–water partition coefficient (Wildman–Crippen LogP) is 2.35. The minimum atomic E-state index is 0. The molecule has 5 nitrogen and oxygen atoms in total. The lowest BCUT2D eigenvalue weighted by Gasteiger charge is -2.26. The standard InChI is InChI=1S/C17H32N4O.HI/c1-3-13(21-9-5-6-10-21)12-19-17(18-4-2)20-15-11-14-7-8-16(15)22-14;/h13-16H,3-12H2,1-2H3,(H2,18,19,20);1H. The van der Waals surface area contributed by atoms with Gasteiger partial charge in [0.2, 0.25) is 0 Å². The highest BCUT2D eigenvalue weighted by Gasteiger charge is 2.41. The Labute approximate surface area is 158 Å². The first kappa shape index (κ1) is 19.2. The Morgan fingerprint density at radius 3 is 2.61 bits per heavy atom. The minimum Gasteiger partial charge on any atom is -0.373 e. The maximum Gasteiger partial charge on any atom is 0.191 e. The quantitative estimate of drug-likeness (QED) is 0.381. The topological polar surface area (TPSA) is 48.9 Å². The first-order valence-electron chi connectivity index (χ1n) is 9.24. The average molecular weight is 436 g/mol. The smallest absolute Gasteiger partial charge is 0.191 e. The van der Waals surface area contributed by atoms with Gasteiger partial charge in [0.15, 0.2) is 5.96 Å². The molecule has 134 valence electrons. The number of guanidine groups is 1. The maximum atomic E-state index is 5.94. The molecular formula is C17H33IN4O. The van der Waals surface area contributed by atoms with Crippen LogP contribution >= 0.6 is 24.0 Å². The average Bonchev–Trinajstić information content (AvgIpc) is 3.25. The summed E-state index contributed by atoms with van der Waals surface area (Å²) in [6, 6.07) is 1.04. The van der Waals surface area contributed by atoms with Crippen LogP contribution in [0.2, 0.25) is 0 Å². The van der Waals surface area contributed by atoms with Crippen LogP contribution in [0, 0.1) is 0 Å². The van der Waals surface area contributed by atoms with Crippen LogP contribution < -0.4 is 10.6 Å². The molecule has 6 heteroatoms. The van der Waals surface area contributed by atoms with Crippen LogP contribution in [0.25, 0.3) is 0 Å². The maximum absolute atomic E-state index is 5.94. The van der Waals surface area contributed by atoms with Gasteiger partial charge in [0.1, 0.15) is 0 Å². The molecule has 3 aliphatic rings. The molecule has 0 radical (unpaired) electrons. The number of likely N-dealkylation sites (tertiary alicyclic amines) is 1. The largest absolute Gasteiger partial charge is 0.373 e. The summed E-state index contributed by atoms with van der Waals surface area (Å²) >= 11 is 0. The molecule has 4 unspecified atom stereocenters. The van der Waals surface area contributed by atoms with E-state index < -0.39 is 0 Å². The molecule has 0 amide bonds. The molecule has 2 N–H and O–H groups in total. The summed E-state index contributed by atoms with van der Waals surface area (Å²) < 4.78 is 5.94. The molecule has 3 aliphatic heterocycles. The van der Waals surface area contributed by atoms with E-state index in [0.717, 1.165) is 25.5 Å². The molecule has 0 aromatic rings. The fourth-order valence-corrected chi connectivity index (χ4v) is 4.09. The number of nitrogens with one attached hydrogen (secondary N) is 2. The van der Waals surface area contributed by atoms with Crippen LogP contribution in [0.15, 0.2) is 4.99 Å². The highest BCUT2D eigenvalue weighted by molar-refractivity contribution is 14.0. The summed E-state index contributed by atoms with van der Waals surface area (Å²) in [5, 5.41) is 7.02. The van der Waals surface area contributed by atoms with Crippen molar-refractivity contribution in [3.05, 3.63) is 0 Å². The second-order valence-electron chi connectivity index (χ2n) is 6.89. The van der Waals surface area contributed by atoms with Gasteiger partial charge in [-0.15, -0.1) is 24.0 Å². The Kier molecular flexibility index (Phi) is 7.88. The van der Waals surface area contributed by atoms with E-state index in [2.05, 4.69) is 29.4 Å². The van der Waals surface area contributed by atoms with E-state index in [1.807, 2.05) is 0 Å². The SMILES string of the molecule is CCNC(=NCC(CC)N1CCCC1)NC1CC2CCC1O2.I. The zero-order valence-electron chi connectivity index (χ0n) is 14.6. The van der Waals surface area contributed by atoms with E-state index in [9.17, 15) is 0 Å². The van der Waals surface area contributed by atoms with Gasteiger partial charge in [-0.2, -0.15) is 0 Å². The fourth-order valence-electron chi connectivity index (χ4n) is 4.09. The third-order valence-corrected chi connectivity index (χ3v) is 5.36. The molecule has 0 aliphatic carbocycles. The zero-order valence-corrected chi connectivity index (χ0v) is 16.9. The van der Waals surface area contributed by atoms with Gasteiger partial charge in [-0.1, -0.05) is 6.92 Å². The van der Waals surface area contributed by atoms with Gasteiger partial charge < -0.3 is 15.4 Å². The van der Waals surface area contributed by atoms with Gasteiger partial charge in [-0.05, 0) is 58.5 Å². The molecule has 3 rings (SSSR count). The zero-order chi connectivity index (χ0) is 15.4. The second kappa shape index (κ2) is 9.42. The van der Waals surface area contributed by atoms with Gasteiger partial charge in [0, 0.05) is 12.6 Å². The number of fused-ring (bicyclic) bond motifs is 2. The normalized spacial score (nSPS) is 31.9. The fraction of sp³-hybridized carbons (Fsp3) is 0.941. The van der Waals surface area contributed by atoms with Crippen molar-refractivity contribution in [2.75, 3.05) is 26.2 Å². The third kappa shape index (κ3) is 4.95. The van der Waals surface area contributed by atoms with Crippen molar-refractivity contribution in [1.82, 2.24) is 15.5 Å². The lowest BCUT2D eigenvalue weighted by Crippen LogP contribution is -2.48. The number of hydrogen-bond donors (Lipinski definition) is 2. The van der Waals surface area contributed by atoms with Crippen LogP contribution in [0.4, 0.5) is 0 Å². The highest BCUT2D eigenvalue weighted by Crippen LogP contribution is 2.34. The monoisotopic (exact) mass is 436 g/mol. The predicted molar refractivity (Wildman–Crippen MR) is 106 cm³/mol. The molecule has 0 saturated carbocycles. The summed E-state index contributed by atoms with van der Waals surface area (Å²) in [4.78, 5) is 7.48. The van der Waals surface area contributed by atoms with Crippen LogP contribution in [-0.4, -0.2) is 61.3 Å². The summed E-state index contributed by atoms with van der Waals surface area (Å²) in [5.74, 6) is 0.973. The van der Waals surface area contributed by atoms with Crippen LogP contribution in [0.3, 0.4) is 0 Å². The lowest BCUT2D eigenvalue weighted by molar-refractivity contribution is 0.0992. The number of aliphatic imine (C=N–C) groups is 1. The Morgan fingerprint density at radius 2 is 2.04 bits per heavy atom. The molecule has 23 heavy (non-hydrogen) atoms. The summed E-state index contributed by atoms with van der Waals surface area (Å²) in [5.41, 5.74) is 0. The third-order valence-electron chi connectivity index (χ3n) is 5.36. The first-order valence-corrected chi connectivity index (χ1v) is 9.24. The van der Waals surface area contributed by atoms with E-state index in [4.69, 9.17) is 9.73 Å². The molecule has 0 aromatic heterocycles. The minimum absolute atomic E-state index is 0. The number of ether oxygens (including phenoxy) is 1. The van der Waals surface area contributed by atoms with Gasteiger partial charge >= 0.3 is 0 Å². The van der Waals surface area contributed by atoms with E-state index in [-0.39, 0.29) is 24.0 Å². The van der Waals surface area contributed by atoms with Gasteiger partial charge in [0.25, 0.3) is 0 Å². The van der Waals surface area contributed by atoms with Gasteiger partial charge in [-0.3, -0.25) is 9.89 Å². The molecule has 0 spiro atoms. The molecular weight excluding hydrogens is 403 g/mol. The van der Waals surface area contributed by atoms with Crippen LogP contribution in [0.1, 0.15) is 52.4 Å². The highest BCUT2D eigenvalue weighted by atomic mass is 127. The molecule has 4 atom stereocenters.